The van der Waals surface area contributed by atoms with E-state index in [0.29, 0.717) is 13.0 Å². The van der Waals surface area contributed by atoms with Gasteiger partial charge in [-0.2, -0.15) is 0 Å². The van der Waals surface area contributed by atoms with Crippen LogP contribution in [0.1, 0.15) is 50.5 Å². The molecule has 2 fully saturated rings. The molecule has 0 bridgehead atoms. The molecule has 3 aliphatic rings. The predicted molar refractivity (Wildman–Crippen MR) is 116 cm³/mol. The highest BCUT2D eigenvalue weighted by Crippen LogP contribution is 2.36. The summed E-state index contributed by atoms with van der Waals surface area (Å²) in [5.74, 6) is 2.35. The Morgan fingerprint density at radius 2 is 2.26 bits per heavy atom. The number of aryl methyl sites for hydroxylation is 2. The van der Waals surface area contributed by atoms with E-state index in [1.165, 1.54) is 18.7 Å². The van der Waals surface area contributed by atoms with Crippen LogP contribution in [0.25, 0.3) is 0 Å². The molecule has 4 rings (SSSR count). The molecule has 1 unspecified atom stereocenters. The number of fused-ring (bicyclic) bond motifs is 1. The number of nitrogens with one attached hydrogen (secondary N) is 2. The summed E-state index contributed by atoms with van der Waals surface area (Å²) in [7, 11) is 0. The summed E-state index contributed by atoms with van der Waals surface area (Å²) in [6, 6.07) is 0. The number of amides is 1. The number of hydrogen-bond acceptors (Lipinski definition) is 3. The van der Waals surface area contributed by atoms with Crippen molar-refractivity contribution in [2.75, 3.05) is 26.2 Å². The Bertz CT molecular complexity index is 679. The standard InChI is InChI=1S/C19H30N6O.HI/c1-2-20-18(21-11-15-12-24-8-4-3-6-16(24)23-15)25-9-5-7-19(14-25)10-17(26)22-13-19;/h12H,2-11,13-14H2,1H3,(H,20,21)(H,22,26);1H. The predicted octanol–water partition coefficient (Wildman–Crippen LogP) is 1.90. The average Bonchev–Trinajstić information content (AvgIpc) is 3.21. The second-order valence-corrected chi connectivity index (χ2v) is 7.95. The van der Waals surface area contributed by atoms with Gasteiger partial charge in [-0.1, -0.05) is 0 Å². The molecule has 2 saturated heterocycles. The van der Waals surface area contributed by atoms with Gasteiger partial charge >= 0.3 is 0 Å². The molecule has 1 aromatic heterocycles. The smallest absolute Gasteiger partial charge is 0.220 e. The maximum Gasteiger partial charge on any atom is 0.220 e. The van der Waals surface area contributed by atoms with Crippen molar-refractivity contribution in [1.29, 1.82) is 0 Å². The van der Waals surface area contributed by atoms with Gasteiger partial charge in [0.15, 0.2) is 5.96 Å². The van der Waals surface area contributed by atoms with Crippen LogP contribution in [0.4, 0.5) is 0 Å². The zero-order chi connectivity index (χ0) is 18.0. The number of carbonyl (C=O) groups is 1. The summed E-state index contributed by atoms with van der Waals surface area (Å²) >= 11 is 0. The van der Waals surface area contributed by atoms with E-state index in [1.54, 1.807) is 0 Å². The Kier molecular flexibility index (Phi) is 6.65. The van der Waals surface area contributed by atoms with Crippen molar-refractivity contribution in [3.05, 3.63) is 17.7 Å². The van der Waals surface area contributed by atoms with E-state index >= 15 is 0 Å². The third-order valence-electron chi connectivity index (χ3n) is 5.84. The van der Waals surface area contributed by atoms with Gasteiger partial charge in [0.05, 0.1) is 12.2 Å². The first kappa shape index (κ1) is 20.4. The maximum absolute atomic E-state index is 11.7. The van der Waals surface area contributed by atoms with E-state index < -0.39 is 0 Å². The van der Waals surface area contributed by atoms with Gasteiger partial charge in [-0.3, -0.25) is 4.79 Å². The normalized spacial score (nSPS) is 25.1. The number of imidazole rings is 1. The molecule has 1 amide bonds. The lowest BCUT2D eigenvalue weighted by Crippen LogP contribution is -2.51. The number of rotatable bonds is 3. The number of piperidine rings is 1. The van der Waals surface area contributed by atoms with E-state index in [4.69, 9.17) is 9.98 Å². The van der Waals surface area contributed by atoms with Gasteiger partial charge < -0.3 is 20.1 Å². The van der Waals surface area contributed by atoms with Crippen LogP contribution in [0.5, 0.6) is 0 Å². The summed E-state index contributed by atoms with van der Waals surface area (Å²) in [5.41, 5.74) is 1.14. The third-order valence-corrected chi connectivity index (χ3v) is 5.84. The number of halogens is 1. The van der Waals surface area contributed by atoms with Crippen LogP contribution in [0.15, 0.2) is 11.2 Å². The molecule has 0 radical (unpaired) electrons. The Balaban J connectivity index is 0.00000210. The lowest BCUT2D eigenvalue weighted by molar-refractivity contribution is -0.119. The molecule has 7 nitrogen and oxygen atoms in total. The van der Waals surface area contributed by atoms with Crippen molar-refractivity contribution < 1.29 is 4.79 Å². The van der Waals surface area contributed by atoms with E-state index in [2.05, 4.69) is 33.2 Å². The average molecular weight is 486 g/mol. The zero-order valence-corrected chi connectivity index (χ0v) is 18.5. The summed E-state index contributed by atoms with van der Waals surface area (Å²) in [6.45, 7) is 7.35. The molecule has 1 spiro atoms. The molecule has 0 saturated carbocycles. The molecule has 0 aliphatic carbocycles. The largest absolute Gasteiger partial charge is 0.357 e. The second kappa shape index (κ2) is 8.79. The minimum Gasteiger partial charge on any atom is -0.357 e. The number of hydrogen-bond donors (Lipinski definition) is 2. The highest BCUT2D eigenvalue weighted by molar-refractivity contribution is 14.0. The molecule has 3 aliphatic heterocycles. The van der Waals surface area contributed by atoms with Crippen molar-refractivity contribution in [3.63, 3.8) is 0 Å². The zero-order valence-electron chi connectivity index (χ0n) is 16.2. The SMILES string of the molecule is CCNC(=NCc1cn2c(n1)CCCC2)N1CCCC2(CNC(=O)C2)C1.I. The first-order chi connectivity index (χ1) is 12.7. The summed E-state index contributed by atoms with van der Waals surface area (Å²) < 4.78 is 2.28. The van der Waals surface area contributed by atoms with E-state index in [9.17, 15) is 4.79 Å². The lowest BCUT2D eigenvalue weighted by atomic mass is 9.79. The minimum atomic E-state index is 0. The number of aliphatic imine (C=N–C) groups is 1. The second-order valence-electron chi connectivity index (χ2n) is 7.95. The number of aromatic nitrogens is 2. The number of nitrogens with zero attached hydrogens (tertiary/aromatic N) is 4. The number of likely N-dealkylation sites (tertiary alicyclic amines) is 1. The molecule has 4 heterocycles. The van der Waals surface area contributed by atoms with Crippen molar-refractivity contribution in [1.82, 2.24) is 25.1 Å². The van der Waals surface area contributed by atoms with Gasteiger partial charge in [-0.05, 0) is 32.6 Å². The first-order valence-corrected chi connectivity index (χ1v) is 10.0. The Morgan fingerprint density at radius 3 is 3.00 bits per heavy atom. The van der Waals surface area contributed by atoms with E-state index in [0.717, 1.165) is 63.6 Å². The van der Waals surface area contributed by atoms with Gasteiger partial charge in [-0.25, -0.2) is 9.98 Å². The fourth-order valence-corrected chi connectivity index (χ4v) is 4.56. The summed E-state index contributed by atoms with van der Waals surface area (Å²) in [6.07, 6.45) is 8.62. The Labute approximate surface area is 178 Å². The van der Waals surface area contributed by atoms with Crippen LogP contribution in [-0.4, -0.2) is 52.5 Å². The van der Waals surface area contributed by atoms with Gasteiger partial charge in [0.25, 0.3) is 0 Å². The molecule has 0 aromatic carbocycles. The molecular weight excluding hydrogens is 455 g/mol. The van der Waals surface area contributed by atoms with Gasteiger partial charge in [0.1, 0.15) is 5.82 Å². The summed E-state index contributed by atoms with van der Waals surface area (Å²) in [4.78, 5) is 23.7. The monoisotopic (exact) mass is 486 g/mol. The van der Waals surface area contributed by atoms with Crippen molar-refractivity contribution >= 4 is 35.8 Å². The number of carbonyl (C=O) groups excluding carboxylic acids is 1. The summed E-state index contributed by atoms with van der Waals surface area (Å²) in [5, 5.41) is 6.46. The van der Waals surface area contributed by atoms with Crippen LogP contribution in [0.3, 0.4) is 0 Å². The highest BCUT2D eigenvalue weighted by Gasteiger charge is 2.42. The van der Waals surface area contributed by atoms with Crippen LogP contribution < -0.4 is 10.6 Å². The van der Waals surface area contributed by atoms with Crippen molar-refractivity contribution in [2.24, 2.45) is 10.4 Å². The Hall–Kier alpha value is -1.32. The quantitative estimate of drug-likeness (QED) is 0.389. The fourth-order valence-electron chi connectivity index (χ4n) is 4.56. The van der Waals surface area contributed by atoms with E-state index in [-0.39, 0.29) is 35.3 Å². The molecule has 1 atom stereocenters. The Morgan fingerprint density at radius 1 is 1.37 bits per heavy atom. The lowest BCUT2D eigenvalue weighted by Gasteiger charge is -2.40. The number of guanidine groups is 1. The third kappa shape index (κ3) is 4.57. The van der Waals surface area contributed by atoms with E-state index in [1.807, 2.05) is 0 Å². The highest BCUT2D eigenvalue weighted by atomic mass is 127. The molecule has 27 heavy (non-hydrogen) atoms. The molecular formula is C19H31IN6O. The van der Waals surface area contributed by atoms with Crippen LogP contribution >= 0.6 is 24.0 Å². The van der Waals surface area contributed by atoms with Gasteiger partial charge in [-0.15, -0.1) is 24.0 Å². The van der Waals surface area contributed by atoms with Crippen LogP contribution in [-0.2, 0) is 24.3 Å². The maximum atomic E-state index is 11.7. The van der Waals surface area contributed by atoms with Gasteiger partial charge in [0, 0.05) is 57.2 Å². The molecule has 1 aromatic rings. The fraction of sp³-hybridized carbons (Fsp3) is 0.737. The molecule has 8 heteroatoms. The minimum absolute atomic E-state index is 0. The topological polar surface area (TPSA) is 74.6 Å². The molecule has 150 valence electrons. The molecule has 2 N–H and O–H groups in total. The van der Waals surface area contributed by atoms with Crippen molar-refractivity contribution in [2.45, 2.75) is 58.5 Å². The van der Waals surface area contributed by atoms with Gasteiger partial charge in [0.2, 0.25) is 5.91 Å². The van der Waals surface area contributed by atoms with Crippen molar-refractivity contribution in [3.8, 4) is 0 Å². The van der Waals surface area contributed by atoms with Crippen LogP contribution in [0.2, 0.25) is 0 Å². The first-order valence-electron chi connectivity index (χ1n) is 10.0. The van der Waals surface area contributed by atoms with Crippen LogP contribution in [0, 0.1) is 5.41 Å².